The average molecular weight is 473 g/mol. The third-order valence-electron chi connectivity index (χ3n) is 7.71. The first-order valence-electron chi connectivity index (χ1n) is 12.6. The molecule has 2 saturated carbocycles. The molecule has 0 bridgehead atoms. The second-order valence-corrected chi connectivity index (χ2v) is 9.99. The molecule has 0 radical (unpaired) electrons. The van der Waals surface area contributed by atoms with Crippen LogP contribution in [0.3, 0.4) is 0 Å². The predicted molar refractivity (Wildman–Crippen MR) is 121 cm³/mol. The van der Waals surface area contributed by atoms with Crippen molar-refractivity contribution in [2.75, 3.05) is 0 Å². The molecule has 0 atom stereocenters. The zero-order valence-electron chi connectivity index (χ0n) is 19.6. The Morgan fingerprint density at radius 1 is 0.818 bits per heavy atom. The smallest absolute Gasteiger partial charge is 0.399 e. The van der Waals surface area contributed by atoms with E-state index in [0.717, 1.165) is 55.6 Å². The van der Waals surface area contributed by atoms with Crippen molar-refractivity contribution in [3.05, 3.63) is 41.5 Å². The maximum Gasteiger partial charge on any atom is 0.573 e. The molecule has 0 heterocycles. The van der Waals surface area contributed by atoms with Crippen LogP contribution < -0.4 is 4.74 Å². The van der Waals surface area contributed by atoms with Crippen LogP contribution in [0.2, 0.25) is 0 Å². The van der Waals surface area contributed by atoms with Gasteiger partial charge < -0.3 is 4.74 Å². The van der Waals surface area contributed by atoms with Crippen LogP contribution in [0.4, 0.5) is 22.0 Å². The van der Waals surface area contributed by atoms with Gasteiger partial charge in [-0.3, -0.25) is 0 Å². The second kappa shape index (κ2) is 12.2. The van der Waals surface area contributed by atoms with Crippen molar-refractivity contribution in [3.8, 4) is 5.75 Å². The first kappa shape index (κ1) is 26.0. The van der Waals surface area contributed by atoms with Crippen molar-refractivity contribution < 1.29 is 26.7 Å². The highest BCUT2D eigenvalue weighted by Crippen LogP contribution is 2.43. The standard InChI is InChI=1S/C27H37F5O/c1-2-3-4-5-6-19-9-13-22(14-10-19)23-15-11-20(12-16-23)7-8-21-17-24(28)26(25(29)18-21)33-27(30,31)32/h3-4,17-20,22-23H,2,5-16H2,1H3/b4-3+. The van der Waals surface area contributed by atoms with Gasteiger partial charge in [-0.2, -0.15) is 0 Å². The first-order valence-corrected chi connectivity index (χ1v) is 12.6. The Labute approximate surface area is 194 Å². The molecule has 2 fully saturated rings. The van der Waals surface area contributed by atoms with Crippen molar-refractivity contribution in [2.45, 2.75) is 96.8 Å². The summed E-state index contributed by atoms with van der Waals surface area (Å²) in [4.78, 5) is 0. The van der Waals surface area contributed by atoms with Crippen LogP contribution in [0.25, 0.3) is 0 Å². The Morgan fingerprint density at radius 3 is 1.82 bits per heavy atom. The van der Waals surface area contributed by atoms with Crippen LogP contribution in [0.15, 0.2) is 24.3 Å². The van der Waals surface area contributed by atoms with Gasteiger partial charge >= 0.3 is 6.36 Å². The zero-order chi connectivity index (χ0) is 23.8. The van der Waals surface area contributed by atoms with Gasteiger partial charge in [0.15, 0.2) is 11.6 Å². The molecule has 3 rings (SSSR count). The maximum absolute atomic E-state index is 13.9. The molecule has 0 saturated heterocycles. The number of alkyl halides is 3. The minimum Gasteiger partial charge on any atom is -0.399 e. The minimum atomic E-state index is -5.12. The number of hydrogen-bond donors (Lipinski definition) is 0. The van der Waals surface area contributed by atoms with Crippen LogP contribution in [0, 0.1) is 35.3 Å². The predicted octanol–water partition coefficient (Wildman–Crippen LogP) is 9.16. The van der Waals surface area contributed by atoms with E-state index in [2.05, 4.69) is 23.8 Å². The number of hydrogen-bond acceptors (Lipinski definition) is 1. The number of allylic oxidation sites excluding steroid dienone is 2. The van der Waals surface area contributed by atoms with Gasteiger partial charge in [0, 0.05) is 0 Å². The lowest BCUT2D eigenvalue weighted by molar-refractivity contribution is -0.276. The lowest BCUT2D eigenvalue weighted by atomic mass is 9.68. The van der Waals surface area contributed by atoms with E-state index >= 15 is 0 Å². The molecule has 186 valence electrons. The van der Waals surface area contributed by atoms with E-state index in [9.17, 15) is 22.0 Å². The van der Waals surface area contributed by atoms with Crippen molar-refractivity contribution in [3.63, 3.8) is 0 Å². The summed E-state index contributed by atoms with van der Waals surface area (Å²) in [6, 6.07) is 1.93. The van der Waals surface area contributed by atoms with Crippen molar-refractivity contribution in [2.24, 2.45) is 23.7 Å². The van der Waals surface area contributed by atoms with Crippen molar-refractivity contribution >= 4 is 0 Å². The molecule has 0 unspecified atom stereocenters. The van der Waals surface area contributed by atoms with E-state index in [0.29, 0.717) is 17.9 Å². The number of benzene rings is 1. The molecule has 1 aromatic rings. The fourth-order valence-corrected chi connectivity index (χ4v) is 5.85. The summed E-state index contributed by atoms with van der Waals surface area (Å²) < 4.78 is 68.2. The molecule has 2 aliphatic carbocycles. The van der Waals surface area contributed by atoms with E-state index in [1.54, 1.807) is 0 Å². The Kier molecular flexibility index (Phi) is 9.63. The number of halogens is 5. The summed E-state index contributed by atoms with van der Waals surface area (Å²) in [6.07, 6.45) is 14.5. The highest BCUT2D eigenvalue weighted by Gasteiger charge is 2.34. The van der Waals surface area contributed by atoms with Crippen LogP contribution >= 0.6 is 0 Å². The maximum atomic E-state index is 13.9. The quantitative estimate of drug-likeness (QED) is 0.257. The number of rotatable bonds is 9. The molecule has 6 heteroatoms. The first-order chi connectivity index (χ1) is 15.7. The molecule has 0 spiro atoms. The summed E-state index contributed by atoms with van der Waals surface area (Å²) in [5.74, 6) is -0.938. The Hall–Kier alpha value is -1.59. The Morgan fingerprint density at radius 2 is 1.33 bits per heavy atom. The summed E-state index contributed by atoms with van der Waals surface area (Å²) >= 11 is 0. The molecular formula is C27H37F5O. The van der Waals surface area contributed by atoms with E-state index < -0.39 is 23.7 Å². The van der Waals surface area contributed by atoms with Gasteiger partial charge in [0.05, 0.1) is 0 Å². The summed E-state index contributed by atoms with van der Waals surface area (Å²) in [7, 11) is 0. The van der Waals surface area contributed by atoms with Crippen LogP contribution in [0.5, 0.6) is 5.75 Å². The van der Waals surface area contributed by atoms with E-state index in [4.69, 9.17) is 0 Å². The van der Waals surface area contributed by atoms with Crippen LogP contribution in [0.1, 0.15) is 89.5 Å². The van der Waals surface area contributed by atoms with Crippen molar-refractivity contribution in [1.82, 2.24) is 0 Å². The minimum absolute atomic E-state index is 0.383. The monoisotopic (exact) mass is 472 g/mol. The van der Waals surface area contributed by atoms with E-state index in [1.165, 1.54) is 51.4 Å². The van der Waals surface area contributed by atoms with Crippen LogP contribution in [-0.4, -0.2) is 6.36 Å². The topological polar surface area (TPSA) is 9.23 Å². The van der Waals surface area contributed by atoms with E-state index in [-0.39, 0.29) is 0 Å². The van der Waals surface area contributed by atoms with Gasteiger partial charge in [-0.1, -0.05) is 44.8 Å². The highest BCUT2D eigenvalue weighted by atomic mass is 19.4. The highest BCUT2D eigenvalue weighted by molar-refractivity contribution is 5.31. The summed E-state index contributed by atoms with van der Waals surface area (Å²) in [5.41, 5.74) is 0.383. The van der Waals surface area contributed by atoms with Gasteiger partial charge in [0.25, 0.3) is 0 Å². The van der Waals surface area contributed by atoms with Gasteiger partial charge in [-0.15, -0.1) is 13.2 Å². The molecular weight excluding hydrogens is 435 g/mol. The molecule has 0 amide bonds. The lowest BCUT2D eigenvalue weighted by Gasteiger charge is -2.38. The molecule has 0 aromatic heterocycles. The fraction of sp³-hybridized carbons (Fsp3) is 0.704. The molecule has 0 aliphatic heterocycles. The number of aryl methyl sites for hydroxylation is 1. The second-order valence-electron chi connectivity index (χ2n) is 9.99. The average Bonchev–Trinajstić information content (AvgIpc) is 2.78. The number of ether oxygens (including phenoxy) is 1. The Balaban J connectivity index is 1.38. The van der Waals surface area contributed by atoms with Gasteiger partial charge in [-0.05, 0) is 99.2 Å². The summed E-state index contributed by atoms with van der Waals surface area (Å²) in [6.45, 7) is 2.17. The lowest BCUT2D eigenvalue weighted by Crippen LogP contribution is -2.26. The Bertz CT molecular complexity index is 733. The molecule has 1 aromatic carbocycles. The van der Waals surface area contributed by atoms with Gasteiger partial charge in [0.1, 0.15) is 0 Å². The molecule has 0 N–H and O–H groups in total. The molecule has 33 heavy (non-hydrogen) atoms. The van der Waals surface area contributed by atoms with Gasteiger partial charge in [0.2, 0.25) is 5.75 Å². The van der Waals surface area contributed by atoms with Crippen molar-refractivity contribution in [1.29, 1.82) is 0 Å². The largest absolute Gasteiger partial charge is 0.573 e. The SMILES string of the molecule is CC/C=C/CCC1CCC(C2CCC(CCc3cc(F)c(OC(F)(F)F)c(F)c3)CC2)CC1. The fourth-order valence-electron chi connectivity index (χ4n) is 5.85. The molecule has 1 nitrogen and oxygen atoms in total. The third kappa shape index (κ3) is 8.29. The molecule has 2 aliphatic rings. The van der Waals surface area contributed by atoms with E-state index in [1.807, 2.05) is 0 Å². The zero-order valence-corrected chi connectivity index (χ0v) is 19.6. The summed E-state index contributed by atoms with van der Waals surface area (Å²) in [5, 5.41) is 0. The van der Waals surface area contributed by atoms with Crippen LogP contribution in [-0.2, 0) is 6.42 Å². The normalized spacial score (nSPS) is 26.6. The van der Waals surface area contributed by atoms with Gasteiger partial charge in [-0.25, -0.2) is 8.78 Å². The third-order valence-corrected chi connectivity index (χ3v) is 7.71.